The summed E-state index contributed by atoms with van der Waals surface area (Å²) in [5.74, 6) is 0.784. The molecule has 0 spiro atoms. The van der Waals surface area contributed by atoms with E-state index >= 15 is 0 Å². The summed E-state index contributed by atoms with van der Waals surface area (Å²) in [5.41, 5.74) is 5.99. The van der Waals surface area contributed by atoms with Crippen LogP contribution in [0.3, 0.4) is 0 Å². The Balaban J connectivity index is 1.44. The quantitative estimate of drug-likeness (QED) is 0.475. The third-order valence-corrected chi connectivity index (χ3v) is 8.15. The Morgan fingerprint density at radius 2 is 1.61 bits per heavy atom. The van der Waals surface area contributed by atoms with Gasteiger partial charge in [-0.3, -0.25) is 9.59 Å². The number of ether oxygens (including phenoxy) is 2. The molecule has 196 valence electrons. The van der Waals surface area contributed by atoms with Crippen LogP contribution in [0, 0.1) is 0 Å². The summed E-state index contributed by atoms with van der Waals surface area (Å²) in [6.07, 6.45) is 3.69. The van der Waals surface area contributed by atoms with Crippen LogP contribution < -0.4 is 14.8 Å². The van der Waals surface area contributed by atoms with Crippen LogP contribution >= 0.6 is 0 Å². The molecule has 0 aromatic heterocycles. The lowest BCUT2D eigenvalue weighted by Gasteiger charge is -2.45. The summed E-state index contributed by atoms with van der Waals surface area (Å²) >= 11 is 0. The van der Waals surface area contributed by atoms with Crippen LogP contribution in [0.1, 0.15) is 82.9 Å². The Hall–Kier alpha value is -3.80. The Morgan fingerprint density at radius 1 is 0.895 bits per heavy atom. The summed E-state index contributed by atoms with van der Waals surface area (Å²) in [6.45, 7) is 5.49. The first-order valence-electron chi connectivity index (χ1n) is 13.8. The SMILES string of the molecule is CCOc1cc2c(cc1OCC)C1C(C(=O)NC3CCCc4ccccc43)c3ccccc3C(=O)N1CC2. The van der Waals surface area contributed by atoms with Gasteiger partial charge in [-0.25, -0.2) is 0 Å². The molecule has 6 rings (SSSR count). The standard InChI is InChI=1S/C32H34N2O4/c1-3-37-27-18-21-16-17-34-30(25(21)19-28(27)38-4-2)29(23-13-7-8-14-24(23)32(34)36)31(35)33-26-15-9-11-20-10-5-6-12-22(20)26/h5-8,10,12-14,18-19,26,29-30H,3-4,9,11,15-17H2,1-2H3,(H,33,35). The lowest BCUT2D eigenvalue weighted by atomic mass is 9.75. The van der Waals surface area contributed by atoms with Gasteiger partial charge >= 0.3 is 0 Å². The van der Waals surface area contributed by atoms with Crippen molar-refractivity contribution < 1.29 is 19.1 Å². The van der Waals surface area contributed by atoms with Crippen molar-refractivity contribution in [1.29, 1.82) is 0 Å². The molecule has 2 amide bonds. The van der Waals surface area contributed by atoms with Crippen molar-refractivity contribution in [3.8, 4) is 11.5 Å². The Bertz CT molecular complexity index is 1380. The van der Waals surface area contributed by atoms with E-state index in [1.54, 1.807) is 0 Å². The minimum absolute atomic E-state index is 0.0184. The lowest BCUT2D eigenvalue weighted by Crippen LogP contribution is -2.50. The van der Waals surface area contributed by atoms with E-state index in [0.29, 0.717) is 43.2 Å². The molecule has 2 aliphatic heterocycles. The number of rotatable bonds is 6. The first kappa shape index (κ1) is 24.5. The van der Waals surface area contributed by atoms with Crippen molar-refractivity contribution >= 4 is 11.8 Å². The Morgan fingerprint density at radius 3 is 2.39 bits per heavy atom. The van der Waals surface area contributed by atoms with E-state index in [-0.39, 0.29) is 17.9 Å². The smallest absolute Gasteiger partial charge is 0.254 e. The van der Waals surface area contributed by atoms with Crippen molar-refractivity contribution in [2.45, 2.75) is 57.5 Å². The molecule has 0 fully saturated rings. The van der Waals surface area contributed by atoms with Crippen LogP contribution in [0.4, 0.5) is 0 Å². The summed E-state index contributed by atoms with van der Waals surface area (Å²) in [5, 5.41) is 3.40. The number of hydrogen-bond donors (Lipinski definition) is 1. The molecule has 1 N–H and O–H groups in total. The molecular weight excluding hydrogens is 476 g/mol. The van der Waals surface area contributed by atoms with Gasteiger partial charge in [0.15, 0.2) is 11.5 Å². The van der Waals surface area contributed by atoms with Crippen molar-refractivity contribution in [2.75, 3.05) is 19.8 Å². The fourth-order valence-electron chi connectivity index (χ4n) is 6.52. The van der Waals surface area contributed by atoms with Crippen LogP contribution in [0.2, 0.25) is 0 Å². The number of nitrogens with zero attached hydrogens (tertiary/aromatic N) is 1. The van der Waals surface area contributed by atoms with E-state index in [1.807, 2.05) is 61.2 Å². The zero-order valence-electron chi connectivity index (χ0n) is 22.0. The predicted molar refractivity (Wildman–Crippen MR) is 146 cm³/mol. The van der Waals surface area contributed by atoms with E-state index in [9.17, 15) is 9.59 Å². The zero-order valence-corrected chi connectivity index (χ0v) is 22.0. The largest absolute Gasteiger partial charge is 0.490 e. The molecule has 6 nitrogen and oxygen atoms in total. The van der Waals surface area contributed by atoms with Gasteiger partial charge in [0.2, 0.25) is 5.91 Å². The molecule has 3 aromatic carbocycles. The topological polar surface area (TPSA) is 67.9 Å². The van der Waals surface area contributed by atoms with Gasteiger partial charge in [0.25, 0.3) is 5.91 Å². The highest BCUT2D eigenvalue weighted by Gasteiger charge is 2.47. The van der Waals surface area contributed by atoms with Crippen LogP contribution in [0.15, 0.2) is 60.7 Å². The van der Waals surface area contributed by atoms with Gasteiger partial charge < -0.3 is 19.7 Å². The van der Waals surface area contributed by atoms with E-state index in [2.05, 4.69) is 23.5 Å². The summed E-state index contributed by atoms with van der Waals surface area (Å²) in [6, 6.07) is 19.6. The molecule has 3 atom stereocenters. The molecule has 0 bridgehead atoms. The summed E-state index contributed by atoms with van der Waals surface area (Å²) < 4.78 is 11.9. The minimum Gasteiger partial charge on any atom is -0.490 e. The maximum Gasteiger partial charge on any atom is 0.254 e. The second kappa shape index (κ2) is 10.2. The van der Waals surface area contributed by atoms with Gasteiger partial charge in [-0.2, -0.15) is 0 Å². The van der Waals surface area contributed by atoms with Gasteiger partial charge in [-0.05, 0) is 85.5 Å². The van der Waals surface area contributed by atoms with E-state index in [1.165, 1.54) is 11.1 Å². The number of benzene rings is 3. The molecule has 1 aliphatic carbocycles. The molecule has 0 saturated heterocycles. The molecule has 3 aliphatic rings. The number of hydrogen-bond acceptors (Lipinski definition) is 4. The van der Waals surface area contributed by atoms with Crippen LogP contribution in [-0.4, -0.2) is 36.5 Å². The van der Waals surface area contributed by atoms with Crippen LogP contribution in [-0.2, 0) is 17.6 Å². The monoisotopic (exact) mass is 510 g/mol. The maximum atomic E-state index is 14.3. The van der Waals surface area contributed by atoms with Gasteiger partial charge in [0.1, 0.15) is 0 Å². The number of fused-ring (bicyclic) bond motifs is 5. The average Bonchev–Trinajstić information content (AvgIpc) is 2.94. The maximum absolute atomic E-state index is 14.3. The van der Waals surface area contributed by atoms with Gasteiger partial charge in [0.05, 0.1) is 31.2 Å². The van der Waals surface area contributed by atoms with Crippen molar-refractivity contribution in [3.05, 3.63) is 94.0 Å². The number of carbonyl (C=O) groups excluding carboxylic acids is 2. The first-order valence-corrected chi connectivity index (χ1v) is 13.8. The Kier molecular flexibility index (Phi) is 6.56. The van der Waals surface area contributed by atoms with Gasteiger partial charge in [-0.1, -0.05) is 42.5 Å². The van der Waals surface area contributed by atoms with E-state index < -0.39 is 12.0 Å². The normalized spacial score (nSPS) is 21.5. The first-order chi connectivity index (χ1) is 18.6. The molecule has 3 aromatic rings. The third-order valence-electron chi connectivity index (χ3n) is 8.15. The molecule has 2 heterocycles. The minimum atomic E-state index is -0.524. The number of nitrogens with one attached hydrogen (secondary N) is 1. The fraction of sp³-hybridized carbons (Fsp3) is 0.375. The lowest BCUT2D eigenvalue weighted by molar-refractivity contribution is -0.125. The molecule has 6 heteroatoms. The highest BCUT2D eigenvalue weighted by atomic mass is 16.5. The van der Waals surface area contributed by atoms with E-state index in [0.717, 1.165) is 36.0 Å². The number of amides is 2. The van der Waals surface area contributed by atoms with Gasteiger partial charge in [-0.15, -0.1) is 0 Å². The molecule has 3 unspecified atom stereocenters. The second-order valence-electron chi connectivity index (χ2n) is 10.3. The number of carbonyl (C=O) groups is 2. The van der Waals surface area contributed by atoms with Crippen LogP contribution in [0.25, 0.3) is 0 Å². The fourth-order valence-corrected chi connectivity index (χ4v) is 6.52. The molecular formula is C32H34N2O4. The highest BCUT2D eigenvalue weighted by Crippen LogP contribution is 2.48. The molecule has 0 saturated carbocycles. The van der Waals surface area contributed by atoms with Gasteiger partial charge in [0, 0.05) is 12.1 Å². The number of aryl methyl sites for hydroxylation is 1. The van der Waals surface area contributed by atoms with E-state index in [4.69, 9.17) is 9.47 Å². The van der Waals surface area contributed by atoms with Crippen molar-refractivity contribution in [1.82, 2.24) is 10.2 Å². The third kappa shape index (κ3) is 4.12. The summed E-state index contributed by atoms with van der Waals surface area (Å²) in [4.78, 5) is 29.9. The Labute approximate surface area is 223 Å². The zero-order chi connectivity index (χ0) is 26.2. The highest BCUT2D eigenvalue weighted by molar-refractivity contribution is 6.01. The average molecular weight is 511 g/mol. The molecule has 38 heavy (non-hydrogen) atoms. The predicted octanol–water partition coefficient (Wildman–Crippen LogP) is 5.51. The van der Waals surface area contributed by atoms with Crippen LogP contribution in [0.5, 0.6) is 11.5 Å². The van der Waals surface area contributed by atoms with Crippen molar-refractivity contribution in [2.24, 2.45) is 0 Å². The second-order valence-corrected chi connectivity index (χ2v) is 10.3. The molecule has 0 radical (unpaired) electrons. The summed E-state index contributed by atoms with van der Waals surface area (Å²) in [7, 11) is 0. The van der Waals surface area contributed by atoms with Crippen molar-refractivity contribution in [3.63, 3.8) is 0 Å².